The van der Waals surface area contributed by atoms with Gasteiger partial charge >= 0.3 is 0 Å². The van der Waals surface area contributed by atoms with Gasteiger partial charge in [0.2, 0.25) is 0 Å². The molecule has 0 aliphatic carbocycles. The number of morpholine rings is 1. The molecule has 2 saturated heterocycles. The lowest BCUT2D eigenvalue weighted by Crippen LogP contribution is -2.48. The standard InChI is InChI=1S/C19H25N9O/c1-14-15(2)24-19-22-13-23-28(19)18(14)27-5-3-25(4-6-27)16-11-17(21-12-20-16)26-7-9-29-10-8-26/h11-13H,3-10H2,1-2H3. The van der Waals surface area contributed by atoms with Crippen LogP contribution < -0.4 is 14.7 Å². The van der Waals surface area contributed by atoms with E-state index in [2.05, 4.69) is 52.7 Å². The quantitative estimate of drug-likeness (QED) is 0.636. The van der Waals surface area contributed by atoms with Crippen LogP contribution in [0.15, 0.2) is 18.7 Å². The average molecular weight is 395 g/mol. The van der Waals surface area contributed by atoms with Gasteiger partial charge in [-0.2, -0.15) is 14.6 Å². The molecule has 10 heteroatoms. The lowest BCUT2D eigenvalue weighted by atomic mass is 10.2. The number of nitrogens with zero attached hydrogens (tertiary/aromatic N) is 9. The molecule has 0 saturated carbocycles. The van der Waals surface area contributed by atoms with Crippen molar-refractivity contribution < 1.29 is 4.74 Å². The zero-order valence-corrected chi connectivity index (χ0v) is 16.8. The molecule has 0 N–H and O–H groups in total. The second-order valence-electron chi connectivity index (χ2n) is 7.43. The number of piperazine rings is 1. The van der Waals surface area contributed by atoms with E-state index in [0.29, 0.717) is 5.78 Å². The highest BCUT2D eigenvalue weighted by Gasteiger charge is 2.24. The van der Waals surface area contributed by atoms with E-state index in [0.717, 1.165) is 81.2 Å². The number of hydrogen-bond donors (Lipinski definition) is 0. The second-order valence-corrected chi connectivity index (χ2v) is 7.43. The van der Waals surface area contributed by atoms with Crippen LogP contribution in [0.5, 0.6) is 0 Å². The monoisotopic (exact) mass is 395 g/mol. The molecule has 3 aromatic heterocycles. The minimum Gasteiger partial charge on any atom is -0.378 e. The van der Waals surface area contributed by atoms with Crippen LogP contribution in [-0.2, 0) is 4.74 Å². The third-order valence-electron chi connectivity index (χ3n) is 5.75. The van der Waals surface area contributed by atoms with Gasteiger partial charge in [0, 0.05) is 56.6 Å². The second kappa shape index (κ2) is 7.43. The van der Waals surface area contributed by atoms with E-state index >= 15 is 0 Å². The third-order valence-corrected chi connectivity index (χ3v) is 5.75. The summed E-state index contributed by atoms with van der Waals surface area (Å²) in [6, 6.07) is 2.10. The van der Waals surface area contributed by atoms with Crippen LogP contribution >= 0.6 is 0 Å². The first kappa shape index (κ1) is 18.0. The van der Waals surface area contributed by atoms with Crippen molar-refractivity contribution in [3.05, 3.63) is 30.0 Å². The highest BCUT2D eigenvalue weighted by atomic mass is 16.5. The minimum absolute atomic E-state index is 0.650. The zero-order chi connectivity index (χ0) is 19.8. The normalized spacial score (nSPS) is 17.9. The Hall–Kier alpha value is -3.01. The predicted molar refractivity (Wildman–Crippen MR) is 110 cm³/mol. The summed E-state index contributed by atoms with van der Waals surface area (Å²) < 4.78 is 7.29. The van der Waals surface area contributed by atoms with E-state index in [9.17, 15) is 0 Å². The first-order valence-corrected chi connectivity index (χ1v) is 10.0. The number of rotatable bonds is 3. The number of aryl methyl sites for hydroxylation is 1. The van der Waals surface area contributed by atoms with Crippen LogP contribution in [0.1, 0.15) is 11.3 Å². The van der Waals surface area contributed by atoms with Crippen molar-refractivity contribution in [3.8, 4) is 0 Å². The maximum absolute atomic E-state index is 5.45. The number of fused-ring (bicyclic) bond motifs is 1. The fraction of sp³-hybridized carbons (Fsp3) is 0.526. The van der Waals surface area contributed by atoms with Crippen molar-refractivity contribution >= 4 is 23.2 Å². The van der Waals surface area contributed by atoms with Gasteiger partial charge in [0.25, 0.3) is 5.78 Å². The van der Waals surface area contributed by atoms with Crippen molar-refractivity contribution in [3.63, 3.8) is 0 Å². The van der Waals surface area contributed by atoms with E-state index in [1.807, 2.05) is 11.4 Å². The Morgan fingerprint density at radius 3 is 2.17 bits per heavy atom. The molecule has 29 heavy (non-hydrogen) atoms. The minimum atomic E-state index is 0.650. The number of anilines is 3. The van der Waals surface area contributed by atoms with Crippen LogP contribution in [0.3, 0.4) is 0 Å². The van der Waals surface area contributed by atoms with Gasteiger partial charge in [-0.3, -0.25) is 0 Å². The van der Waals surface area contributed by atoms with E-state index in [1.165, 1.54) is 0 Å². The summed E-state index contributed by atoms with van der Waals surface area (Å²) in [6.07, 6.45) is 3.23. The van der Waals surface area contributed by atoms with Crippen LogP contribution in [0.4, 0.5) is 17.5 Å². The van der Waals surface area contributed by atoms with Crippen molar-refractivity contribution in [2.45, 2.75) is 13.8 Å². The molecule has 0 amide bonds. The van der Waals surface area contributed by atoms with Gasteiger partial charge in [-0.15, -0.1) is 0 Å². The molecule has 152 valence electrons. The van der Waals surface area contributed by atoms with Gasteiger partial charge in [0.05, 0.1) is 13.2 Å². The fourth-order valence-electron chi connectivity index (χ4n) is 4.01. The Morgan fingerprint density at radius 1 is 0.793 bits per heavy atom. The zero-order valence-electron chi connectivity index (χ0n) is 16.8. The van der Waals surface area contributed by atoms with Gasteiger partial charge < -0.3 is 19.4 Å². The summed E-state index contributed by atoms with van der Waals surface area (Å²) in [6.45, 7) is 10.9. The molecule has 5 heterocycles. The number of hydrogen-bond acceptors (Lipinski definition) is 9. The molecule has 2 fully saturated rings. The summed E-state index contributed by atoms with van der Waals surface area (Å²) in [5.74, 6) is 3.69. The van der Waals surface area contributed by atoms with Gasteiger partial charge in [-0.1, -0.05) is 0 Å². The van der Waals surface area contributed by atoms with Crippen molar-refractivity contribution in [1.29, 1.82) is 0 Å². The van der Waals surface area contributed by atoms with E-state index in [1.54, 1.807) is 12.7 Å². The first-order chi connectivity index (χ1) is 14.2. The Balaban J connectivity index is 1.34. The molecule has 2 aliphatic rings. The molecule has 10 nitrogen and oxygen atoms in total. The SMILES string of the molecule is Cc1nc2ncnn2c(N2CCN(c3cc(N4CCOCC4)ncn3)CC2)c1C. The molecule has 3 aromatic rings. The molecule has 2 aliphatic heterocycles. The molecule has 5 rings (SSSR count). The molecule has 0 atom stereocenters. The fourth-order valence-corrected chi connectivity index (χ4v) is 4.01. The Bertz CT molecular complexity index is 1010. The lowest BCUT2D eigenvalue weighted by Gasteiger charge is -2.37. The van der Waals surface area contributed by atoms with E-state index in [-0.39, 0.29) is 0 Å². The van der Waals surface area contributed by atoms with Gasteiger partial charge in [0.15, 0.2) is 0 Å². The molecular formula is C19H25N9O. The Kier molecular flexibility index (Phi) is 4.62. The largest absolute Gasteiger partial charge is 0.378 e. The summed E-state index contributed by atoms with van der Waals surface area (Å²) in [7, 11) is 0. The molecule has 0 aromatic carbocycles. The van der Waals surface area contributed by atoms with Crippen LogP contribution in [0.2, 0.25) is 0 Å². The number of ether oxygens (including phenoxy) is 1. The molecule has 0 unspecified atom stereocenters. The van der Waals surface area contributed by atoms with Gasteiger partial charge in [0.1, 0.15) is 30.1 Å². The average Bonchev–Trinajstić information content (AvgIpc) is 3.23. The van der Waals surface area contributed by atoms with Crippen LogP contribution in [0, 0.1) is 13.8 Å². The topological polar surface area (TPSA) is 87.8 Å². The lowest BCUT2D eigenvalue weighted by molar-refractivity contribution is 0.122. The highest BCUT2D eigenvalue weighted by molar-refractivity contribution is 5.56. The summed E-state index contributed by atoms with van der Waals surface area (Å²) in [5, 5.41) is 4.39. The van der Waals surface area contributed by atoms with Crippen molar-refractivity contribution in [1.82, 2.24) is 29.5 Å². The van der Waals surface area contributed by atoms with Gasteiger partial charge in [-0.25, -0.2) is 15.0 Å². The Morgan fingerprint density at radius 2 is 1.45 bits per heavy atom. The van der Waals surface area contributed by atoms with E-state index < -0.39 is 0 Å². The smallest absolute Gasteiger partial charge is 0.254 e. The highest BCUT2D eigenvalue weighted by Crippen LogP contribution is 2.25. The van der Waals surface area contributed by atoms with Crippen molar-refractivity contribution in [2.24, 2.45) is 0 Å². The van der Waals surface area contributed by atoms with Crippen LogP contribution in [-0.4, -0.2) is 82.0 Å². The van der Waals surface area contributed by atoms with Crippen molar-refractivity contribution in [2.75, 3.05) is 67.2 Å². The maximum Gasteiger partial charge on any atom is 0.254 e. The first-order valence-electron chi connectivity index (χ1n) is 10.0. The number of aromatic nitrogens is 6. The van der Waals surface area contributed by atoms with Crippen LogP contribution in [0.25, 0.3) is 5.78 Å². The third kappa shape index (κ3) is 3.33. The molecule has 0 radical (unpaired) electrons. The summed E-state index contributed by atoms with van der Waals surface area (Å²) in [4.78, 5) is 24.7. The summed E-state index contributed by atoms with van der Waals surface area (Å²) >= 11 is 0. The van der Waals surface area contributed by atoms with E-state index in [4.69, 9.17) is 4.74 Å². The predicted octanol–water partition coefficient (Wildman–Crippen LogP) is 0.694. The Labute approximate surface area is 169 Å². The van der Waals surface area contributed by atoms with Gasteiger partial charge in [-0.05, 0) is 13.8 Å². The summed E-state index contributed by atoms with van der Waals surface area (Å²) in [5.41, 5.74) is 2.14. The maximum atomic E-state index is 5.45. The molecular weight excluding hydrogens is 370 g/mol. The molecule has 0 spiro atoms. The molecule has 0 bridgehead atoms.